The highest BCUT2D eigenvalue weighted by atomic mass is 35.5. The smallest absolute Gasteiger partial charge is 0.341 e. The van der Waals surface area contributed by atoms with Gasteiger partial charge in [0.15, 0.2) is 0 Å². The molecule has 1 saturated carbocycles. The number of rotatable bonds is 4. The van der Waals surface area contributed by atoms with Crippen LogP contribution in [0.25, 0.3) is 0 Å². The molecular weight excluding hydrogens is 294 g/mol. The molecule has 0 unspecified atom stereocenters. The molecule has 0 spiro atoms. The molecule has 0 atom stereocenters. The van der Waals surface area contributed by atoms with Crippen LogP contribution in [0.5, 0.6) is 5.75 Å². The van der Waals surface area contributed by atoms with E-state index in [-0.39, 0.29) is 22.4 Å². The van der Waals surface area contributed by atoms with E-state index in [4.69, 9.17) is 16.3 Å². The third-order valence-electron chi connectivity index (χ3n) is 3.68. The van der Waals surface area contributed by atoms with Crippen LogP contribution in [-0.2, 0) is 9.53 Å². The first-order valence-electron chi connectivity index (χ1n) is 6.83. The lowest BCUT2D eigenvalue weighted by Crippen LogP contribution is -2.20. The van der Waals surface area contributed by atoms with E-state index >= 15 is 0 Å². The van der Waals surface area contributed by atoms with E-state index in [0.29, 0.717) is 11.4 Å². The van der Waals surface area contributed by atoms with Gasteiger partial charge in [-0.15, -0.1) is 0 Å². The van der Waals surface area contributed by atoms with Crippen molar-refractivity contribution in [3.63, 3.8) is 0 Å². The molecule has 1 aromatic carbocycles. The summed E-state index contributed by atoms with van der Waals surface area (Å²) in [7, 11) is 2.73. The number of esters is 1. The van der Waals surface area contributed by atoms with Gasteiger partial charge in [-0.25, -0.2) is 4.79 Å². The fourth-order valence-electron chi connectivity index (χ4n) is 2.51. The fourth-order valence-corrected chi connectivity index (χ4v) is 2.72. The monoisotopic (exact) mass is 311 g/mol. The molecule has 5 nitrogen and oxygen atoms in total. The summed E-state index contributed by atoms with van der Waals surface area (Å²) >= 11 is 6.13. The molecule has 1 amide bonds. The van der Waals surface area contributed by atoms with Gasteiger partial charge in [-0.2, -0.15) is 0 Å². The maximum Gasteiger partial charge on any atom is 0.341 e. The van der Waals surface area contributed by atoms with E-state index in [0.717, 1.165) is 25.7 Å². The van der Waals surface area contributed by atoms with Crippen molar-refractivity contribution in [3.05, 3.63) is 22.7 Å². The van der Waals surface area contributed by atoms with E-state index < -0.39 is 5.97 Å². The molecule has 0 aliphatic heterocycles. The molecule has 1 aliphatic carbocycles. The third kappa shape index (κ3) is 3.47. The van der Waals surface area contributed by atoms with Crippen molar-refractivity contribution in [2.75, 3.05) is 19.5 Å². The van der Waals surface area contributed by atoms with Crippen molar-refractivity contribution in [2.24, 2.45) is 5.92 Å². The van der Waals surface area contributed by atoms with Crippen LogP contribution in [0, 0.1) is 5.92 Å². The number of carbonyl (C=O) groups excluding carboxylic acids is 2. The predicted octanol–water partition coefficient (Wildman–Crippen LogP) is 3.26. The predicted molar refractivity (Wildman–Crippen MR) is 79.9 cm³/mol. The lowest BCUT2D eigenvalue weighted by Gasteiger charge is -2.14. The molecule has 21 heavy (non-hydrogen) atoms. The van der Waals surface area contributed by atoms with Crippen molar-refractivity contribution in [1.82, 2.24) is 0 Å². The minimum absolute atomic E-state index is 0.0346. The molecule has 2 rings (SSSR count). The number of ether oxygens (including phenoxy) is 2. The zero-order valence-corrected chi connectivity index (χ0v) is 12.8. The van der Waals surface area contributed by atoms with Gasteiger partial charge in [-0.1, -0.05) is 24.4 Å². The maximum absolute atomic E-state index is 12.1. The van der Waals surface area contributed by atoms with Crippen molar-refractivity contribution in [3.8, 4) is 5.75 Å². The Morgan fingerprint density at radius 3 is 2.48 bits per heavy atom. The van der Waals surface area contributed by atoms with Crippen LogP contribution in [0.15, 0.2) is 12.1 Å². The van der Waals surface area contributed by atoms with E-state index in [9.17, 15) is 9.59 Å². The van der Waals surface area contributed by atoms with Crippen LogP contribution in [0.2, 0.25) is 5.02 Å². The Kier molecular flexibility index (Phi) is 5.07. The Hall–Kier alpha value is -1.75. The molecule has 6 heteroatoms. The zero-order chi connectivity index (χ0) is 15.4. The molecule has 1 aliphatic rings. The first-order valence-corrected chi connectivity index (χ1v) is 7.21. The molecule has 0 bridgehead atoms. The van der Waals surface area contributed by atoms with Gasteiger partial charge in [0.2, 0.25) is 5.91 Å². The molecular formula is C15H18ClNO4. The largest absolute Gasteiger partial charge is 0.496 e. The van der Waals surface area contributed by atoms with Gasteiger partial charge in [0.1, 0.15) is 11.3 Å². The van der Waals surface area contributed by atoms with Gasteiger partial charge < -0.3 is 14.8 Å². The number of halogens is 1. The summed E-state index contributed by atoms with van der Waals surface area (Å²) in [6.07, 6.45) is 3.97. The van der Waals surface area contributed by atoms with Gasteiger partial charge in [0.25, 0.3) is 0 Å². The highest BCUT2D eigenvalue weighted by Gasteiger charge is 2.24. The second kappa shape index (κ2) is 6.80. The maximum atomic E-state index is 12.1. The quantitative estimate of drug-likeness (QED) is 0.867. The molecule has 0 saturated heterocycles. The number of nitrogens with one attached hydrogen (secondary N) is 1. The van der Waals surface area contributed by atoms with Crippen molar-refractivity contribution < 1.29 is 19.1 Å². The summed E-state index contributed by atoms with van der Waals surface area (Å²) in [6, 6.07) is 2.98. The van der Waals surface area contributed by atoms with Gasteiger partial charge in [0.05, 0.1) is 24.9 Å². The van der Waals surface area contributed by atoms with Crippen molar-refractivity contribution in [2.45, 2.75) is 25.7 Å². The normalized spacial score (nSPS) is 14.8. The number of methoxy groups -OCH3 is 2. The average Bonchev–Trinajstić information content (AvgIpc) is 3.02. The summed E-state index contributed by atoms with van der Waals surface area (Å²) in [6.45, 7) is 0. The Morgan fingerprint density at radius 1 is 1.24 bits per heavy atom. The van der Waals surface area contributed by atoms with Crippen molar-refractivity contribution >= 4 is 29.2 Å². The van der Waals surface area contributed by atoms with Gasteiger partial charge in [0, 0.05) is 12.0 Å². The Balaban J connectivity index is 2.23. The Labute approximate surface area is 128 Å². The lowest BCUT2D eigenvalue weighted by atomic mass is 10.1. The minimum atomic E-state index is -0.539. The summed E-state index contributed by atoms with van der Waals surface area (Å²) in [5, 5.41) is 3.09. The minimum Gasteiger partial charge on any atom is -0.496 e. The van der Waals surface area contributed by atoms with Crippen LogP contribution in [-0.4, -0.2) is 26.1 Å². The standard InChI is InChI=1S/C15H18ClNO4/c1-20-13-8-12(11(16)7-10(13)15(19)21-2)17-14(18)9-5-3-4-6-9/h7-9H,3-6H2,1-2H3,(H,17,18). The second-order valence-electron chi connectivity index (χ2n) is 4.99. The SMILES string of the molecule is COC(=O)c1cc(Cl)c(NC(=O)C2CCCC2)cc1OC. The zero-order valence-electron chi connectivity index (χ0n) is 12.1. The Morgan fingerprint density at radius 2 is 1.90 bits per heavy atom. The molecule has 114 valence electrons. The highest BCUT2D eigenvalue weighted by molar-refractivity contribution is 6.34. The summed E-state index contributed by atoms with van der Waals surface area (Å²) in [5.74, 6) is -0.231. The molecule has 1 N–H and O–H groups in total. The van der Waals surface area contributed by atoms with Crippen LogP contribution in [0.3, 0.4) is 0 Å². The van der Waals surface area contributed by atoms with Gasteiger partial charge >= 0.3 is 5.97 Å². The Bertz CT molecular complexity index is 553. The first kappa shape index (κ1) is 15.6. The molecule has 1 fully saturated rings. The number of anilines is 1. The van der Waals surface area contributed by atoms with Gasteiger partial charge in [-0.3, -0.25) is 4.79 Å². The van der Waals surface area contributed by atoms with E-state index in [2.05, 4.69) is 10.1 Å². The number of hydrogen-bond acceptors (Lipinski definition) is 4. The highest BCUT2D eigenvalue weighted by Crippen LogP contribution is 2.33. The molecule has 0 heterocycles. The third-order valence-corrected chi connectivity index (χ3v) is 3.99. The number of hydrogen-bond donors (Lipinski definition) is 1. The first-order chi connectivity index (χ1) is 10.1. The summed E-state index contributed by atoms with van der Waals surface area (Å²) < 4.78 is 9.83. The average molecular weight is 312 g/mol. The molecule has 0 radical (unpaired) electrons. The lowest BCUT2D eigenvalue weighted by molar-refractivity contribution is -0.119. The topological polar surface area (TPSA) is 64.6 Å². The number of benzene rings is 1. The summed E-state index contributed by atoms with van der Waals surface area (Å²) in [5.41, 5.74) is 0.668. The van der Waals surface area contributed by atoms with Crippen molar-refractivity contribution in [1.29, 1.82) is 0 Å². The van der Waals surface area contributed by atoms with E-state index in [1.807, 2.05) is 0 Å². The van der Waals surface area contributed by atoms with Crippen LogP contribution in [0.4, 0.5) is 5.69 Å². The number of carbonyl (C=O) groups is 2. The second-order valence-corrected chi connectivity index (χ2v) is 5.40. The van der Waals surface area contributed by atoms with Crippen LogP contribution < -0.4 is 10.1 Å². The van der Waals surface area contributed by atoms with E-state index in [1.54, 1.807) is 6.07 Å². The van der Waals surface area contributed by atoms with Gasteiger partial charge in [-0.05, 0) is 18.9 Å². The summed E-state index contributed by atoms with van der Waals surface area (Å²) in [4.78, 5) is 23.8. The fraction of sp³-hybridized carbons (Fsp3) is 0.467. The number of amides is 1. The van der Waals surface area contributed by atoms with Crippen LogP contribution in [0.1, 0.15) is 36.0 Å². The molecule has 1 aromatic rings. The van der Waals surface area contributed by atoms with E-state index in [1.165, 1.54) is 20.3 Å². The molecule has 0 aromatic heterocycles. The van der Waals surface area contributed by atoms with Crippen LogP contribution >= 0.6 is 11.6 Å².